The molecule has 0 N–H and O–H groups in total. The van der Waals surface area contributed by atoms with Gasteiger partial charge in [-0.05, 0) is 59.9 Å². The SMILES string of the molecule is Cc1nc(C(=O)N(Cc2cccc(OCCc3ccsc3)c2)CC2CCCO2)cs1. The lowest BCUT2D eigenvalue weighted by Crippen LogP contribution is -2.37. The van der Waals surface area contributed by atoms with E-state index in [1.54, 1.807) is 11.3 Å². The molecule has 2 aromatic heterocycles. The van der Waals surface area contributed by atoms with Crippen LogP contribution in [0.1, 0.15) is 39.5 Å². The van der Waals surface area contributed by atoms with Gasteiger partial charge in [-0.3, -0.25) is 4.79 Å². The van der Waals surface area contributed by atoms with E-state index >= 15 is 0 Å². The van der Waals surface area contributed by atoms with Crippen LogP contribution in [0.3, 0.4) is 0 Å². The number of aryl methyl sites for hydroxylation is 1. The summed E-state index contributed by atoms with van der Waals surface area (Å²) in [6.07, 6.45) is 3.03. The van der Waals surface area contributed by atoms with Crippen molar-refractivity contribution in [2.45, 2.75) is 38.8 Å². The fourth-order valence-corrected chi connectivity index (χ4v) is 4.84. The Morgan fingerprint density at radius 3 is 2.97 bits per heavy atom. The third-order valence-electron chi connectivity index (χ3n) is 5.08. The van der Waals surface area contributed by atoms with Crippen molar-refractivity contribution in [1.29, 1.82) is 0 Å². The first-order valence-corrected chi connectivity index (χ1v) is 12.1. The lowest BCUT2D eigenvalue weighted by Gasteiger charge is -2.25. The molecular weight excluding hydrogens is 416 g/mol. The molecule has 0 radical (unpaired) electrons. The molecular formula is C23H26N2O3S2. The van der Waals surface area contributed by atoms with E-state index < -0.39 is 0 Å². The van der Waals surface area contributed by atoms with Crippen LogP contribution in [-0.2, 0) is 17.7 Å². The highest BCUT2D eigenvalue weighted by atomic mass is 32.1. The van der Waals surface area contributed by atoms with E-state index in [0.29, 0.717) is 25.4 Å². The predicted octanol–water partition coefficient (Wildman–Crippen LogP) is 4.96. The number of nitrogens with zero attached hydrogens (tertiary/aromatic N) is 2. The van der Waals surface area contributed by atoms with Crippen LogP contribution in [-0.4, -0.2) is 41.7 Å². The fraction of sp³-hybridized carbons (Fsp3) is 0.391. The highest BCUT2D eigenvalue weighted by Crippen LogP contribution is 2.21. The van der Waals surface area contributed by atoms with E-state index in [2.05, 4.69) is 21.8 Å². The summed E-state index contributed by atoms with van der Waals surface area (Å²) < 4.78 is 11.7. The summed E-state index contributed by atoms with van der Waals surface area (Å²) in [5.41, 5.74) is 2.85. The Kier molecular flexibility index (Phi) is 7.15. The van der Waals surface area contributed by atoms with E-state index in [1.165, 1.54) is 16.9 Å². The molecule has 1 saturated heterocycles. The Labute approximate surface area is 185 Å². The molecule has 1 aliphatic rings. The summed E-state index contributed by atoms with van der Waals surface area (Å²) in [6, 6.07) is 10.1. The van der Waals surface area contributed by atoms with Crippen LogP contribution in [0.2, 0.25) is 0 Å². The van der Waals surface area contributed by atoms with E-state index in [0.717, 1.165) is 42.2 Å². The molecule has 4 rings (SSSR count). The maximum atomic E-state index is 13.1. The zero-order valence-electron chi connectivity index (χ0n) is 17.1. The number of amides is 1. The van der Waals surface area contributed by atoms with Gasteiger partial charge in [-0.15, -0.1) is 11.3 Å². The standard InChI is InChI=1S/C23H26N2O3S2/c1-17-24-22(16-30-17)23(26)25(14-21-6-3-9-27-21)13-19-4-2-5-20(12-19)28-10-7-18-8-11-29-15-18/h2,4-5,8,11-12,15-16,21H,3,6-7,9-10,13-14H2,1H3. The molecule has 0 spiro atoms. The molecule has 158 valence electrons. The largest absolute Gasteiger partial charge is 0.493 e. The molecule has 1 aliphatic heterocycles. The molecule has 0 bridgehead atoms. The van der Waals surface area contributed by atoms with Gasteiger partial charge in [0.15, 0.2) is 0 Å². The van der Waals surface area contributed by atoms with E-state index in [4.69, 9.17) is 9.47 Å². The molecule has 1 unspecified atom stereocenters. The topological polar surface area (TPSA) is 51.7 Å². The van der Waals surface area contributed by atoms with E-state index in [9.17, 15) is 4.79 Å². The van der Waals surface area contributed by atoms with Crippen LogP contribution in [0.25, 0.3) is 0 Å². The minimum absolute atomic E-state index is 0.0429. The number of benzene rings is 1. The number of carbonyl (C=O) groups is 1. The number of hydrogen-bond donors (Lipinski definition) is 0. The molecule has 5 nitrogen and oxygen atoms in total. The molecule has 0 aliphatic carbocycles. The van der Waals surface area contributed by atoms with Crippen molar-refractivity contribution in [3.05, 3.63) is 68.3 Å². The second-order valence-electron chi connectivity index (χ2n) is 7.45. The van der Waals surface area contributed by atoms with Gasteiger partial charge in [0.1, 0.15) is 11.4 Å². The van der Waals surface area contributed by atoms with Crippen molar-refractivity contribution in [1.82, 2.24) is 9.88 Å². The number of thiophene rings is 1. The van der Waals surface area contributed by atoms with Gasteiger partial charge >= 0.3 is 0 Å². The number of carbonyl (C=O) groups excluding carboxylic acids is 1. The van der Waals surface area contributed by atoms with Gasteiger partial charge in [-0.2, -0.15) is 11.3 Å². The maximum Gasteiger partial charge on any atom is 0.273 e. The number of hydrogen-bond acceptors (Lipinski definition) is 6. The van der Waals surface area contributed by atoms with Crippen LogP contribution in [0, 0.1) is 6.92 Å². The predicted molar refractivity (Wildman–Crippen MR) is 121 cm³/mol. The summed E-state index contributed by atoms with van der Waals surface area (Å²) in [6.45, 7) is 4.42. The van der Waals surface area contributed by atoms with Crippen LogP contribution in [0.15, 0.2) is 46.5 Å². The Balaban J connectivity index is 1.42. The Morgan fingerprint density at radius 1 is 1.30 bits per heavy atom. The first kappa shape index (κ1) is 21.0. The summed E-state index contributed by atoms with van der Waals surface area (Å²) >= 11 is 3.20. The molecule has 3 aromatic rings. The molecule has 3 heterocycles. The van der Waals surface area contributed by atoms with Gasteiger partial charge in [0.2, 0.25) is 0 Å². The quantitative estimate of drug-likeness (QED) is 0.470. The molecule has 30 heavy (non-hydrogen) atoms. The monoisotopic (exact) mass is 442 g/mol. The Hall–Kier alpha value is -2.22. The average molecular weight is 443 g/mol. The van der Waals surface area contributed by atoms with Crippen LogP contribution in [0.4, 0.5) is 0 Å². The summed E-state index contributed by atoms with van der Waals surface area (Å²) in [5, 5.41) is 6.97. The fourth-order valence-electron chi connectivity index (χ4n) is 3.55. The van der Waals surface area contributed by atoms with Crippen LogP contribution < -0.4 is 4.74 Å². The first-order valence-electron chi connectivity index (χ1n) is 10.2. The molecule has 7 heteroatoms. The molecule has 1 fully saturated rings. The number of thiazole rings is 1. The second kappa shape index (κ2) is 10.2. The van der Waals surface area contributed by atoms with Crippen molar-refractivity contribution >= 4 is 28.6 Å². The summed E-state index contributed by atoms with van der Waals surface area (Å²) in [5.74, 6) is 0.787. The molecule has 0 saturated carbocycles. The highest BCUT2D eigenvalue weighted by molar-refractivity contribution is 7.09. The Morgan fingerprint density at radius 2 is 2.23 bits per heavy atom. The average Bonchev–Trinajstić information content (AvgIpc) is 3.51. The van der Waals surface area contributed by atoms with Crippen molar-refractivity contribution in [3.8, 4) is 5.75 Å². The number of aromatic nitrogens is 1. The third kappa shape index (κ3) is 5.68. The third-order valence-corrected chi connectivity index (χ3v) is 6.59. The minimum atomic E-state index is -0.0429. The number of ether oxygens (including phenoxy) is 2. The number of rotatable bonds is 9. The lowest BCUT2D eigenvalue weighted by atomic mass is 10.1. The zero-order valence-corrected chi connectivity index (χ0v) is 18.7. The van der Waals surface area contributed by atoms with Gasteiger partial charge in [0.25, 0.3) is 5.91 Å². The zero-order chi connectivity index (χ0) is 20.8. The van der Waals surface area contributed by atoms with E-state index in [-0.39, 0.29) is 12.0 Å². The van der Waals surface area contributed by atoms with Crippen molar-refractivity contribution in [2.24, 2.45) is 0 Å². The van der Waals surface area contributed by atoms with Crippen molar-refractivity contribution in [2.75, 3.05) is 19.8 Å². The summed E-state index contributed by atoms with van der Waals surface area (Å²) in [7, 11) is 0. The lowest BCUT2D eigenvalue weighted by molar-refractivity contribution is 0.0503. The van der Waals surface area contributed by atoms with Gasteiger partial charge in [-0.25, -0.2) is 4.98 Å². The molecule has 1 amide bonds. The maximum absolute atomic E-state index is 13.1. The van der Waals surface area contributed by atoms with Gasteiger partial charge in [0, 0.05) is 31.5 Å². The van der Waals surface area contributed by atoms with Crippen LogP contribution >= 0.6 is 22.7 Å². The molecule has 1 atom stereocenters. The van der Waals surface area contributed by atoms with Gasteiger partial charge < -0.3 is 14.4 Å². The van der Waals surface area contributed by atoms with Crippen LogP contribution in [0.5, 0.6) is 5.75 Å². The van der Waals surface area contributed by atoms with Crippen molar-refractivity contribution < 1.29 is 14.3 Å². The summed E-state index contributed by atoms with van der Waals surface area (Å²) in [4.78, 5) is 19.4. The Bertz CT molecular complexity index is 949. The second-order valence-corrected chi connectivity index (χ2v) is 9.29. The normalized spacial score (nSPS) is 16.0. The van der Waals surface area contributed by atoms with Gasteiger partial charge in [-0.1, -0.05) is 12.1 Å². The highest BCUT2D eigenvalue weighted by Gasteiger charge is 2.25. The smallest absolute Gasteiger partial charge is 0.273 e. The van der Waals surface area contributed by atoms with Gasteiger partial charge in [0.05, 0.1) is 17.7 Å². The van der Waals surface area contributed by atoms with Crippen molar-refractivity contribution in [3.63, 3.8) is 0 Å². The molecule has 1 aromatic carbocycles. The first-order chi connectivity index (χ1) is 14.7. The minimum Gasteiger partial charge on any atom is -0.493 e. The van der Waals surface area contributed by atoms with E-state index in [1.807, 2.05) is 41.5 Å².